The predicted molar refractivity (Wildman–Crippen MR) is 66.2 cm³/mol. The lowest BCUT2D eigenvalue weighted by molar-refractivity contribution is 0.0188. The molecule has 98 valence electrons. The average Bonchev–Trinajstić information content (AvgIpc) is 2.77. The van der Waals surface area contributed by atoms with Gasteiger partial charge in [0.1, 0.15) is 17.2 Å². The van der Waals surface area contributed by atoms with Crippen molar-refractivity contribution in [2.45, 2.75) is 31.4 Å². The van der Waals surface area contributed by atoms with Crippen LogP contribution in [0.4, 0.5) is 4.39 Å². The summed E-state index contributed by atoms with van der Waals surface area (Å²) in [5.41, 5.74) is 0.781. The molecular weight excluding hydrogens is 233 g/mol. The summed E-state index contributed by atoms with van der Waals surface area (Å²) < 4.78 is 24.8. The number of halogens is 1. The molecule has 2 aliphatic heterocycles. The fourth-order valence-electron chi connectivity index (χ4n) is 2.90. The van der Waals surface area contributed by atoms with E-state index in [2.05, 4.69) is 12.2 Å². The lowest BCUT2D eigenvalue weighted by Crippen LogP contribution is -2.44. The average molecular weight is 251 g/mol. The van der Waals surface area contributed by atoms with Crippen LogP contribution in [0.1, 0.15) is 31.4 Å². The molecule has 0 aromatic heterocycles. The van der Waals surface area contributed by atoms with Crippen LogP contribution < -0.4 is 10.1 Å². The molecule has 1 fully saturated rings. The Morgan fingerprint density at radius 3 is 3.11 bits per heavy atom. The molecule has 2 atom stereocenters. The van der Waals surface area contributed by atoms with Crippen LogP contribution in [0.25, 0.3) is 0 Å². The van der Waals surface area contributed by atoms with Crippen molar-refractivity contribution in [2.75, 3.05) is 19.8 Å². The standard InChI is InChI=1S/C14H18FNO2/c1-2-16-12-8-14(5-6-17-9-14)18-13-7-10(15)3-4-11(12)13/h3-4,7,12,16H,2,5-6,8-9H2,1H3. The smallest absolute Gasteiger partial charge is 0.136 e. The second-order valence-corrected chi connectivity index (χ2v) is 5.08. The van der Waals surface area contributed by atoms with E-state index >= 15 is 0 Å². The molecule has 3 rings (SSSR count). The predicted octanol–water partition coefficient (Wildman–Crippen LogP) is 2.42. The van der Waals surface area contributed by atoms with E-state index in [4.69, 9.17) is 9.47 Å². The van der Waals surface area contributed by atoms with Gasteiger partial charge in [-0.2, -0.15) is 0 Å². The molecule has 1 spiro atoms. The first-order valence-electron chi connectivity index (χ1n) is 6.52. The number of hydrogen-bond donors (Lipinski definition) is 1. The van der Waals surface area contributed by atoms with Gasteiger partial charge in [0.2, 0.25) is 0 Å². The number of benzene rings is 1. The molecule has 0 aliphatic carbocycles. The summed E-state index contributed by atoms with van der Waals surface area (Å²) >= 11 is 0. The summed E-state index contributed by atoms with van der Waals surface area (Å²) in [5, 5.41) is 3.45. The first-order valence-corrected chi connectivity index (χ1v) is 6.52. The van der Waals surface area contributed by atoms with Crippen LogP contribution in [-0.4, -0.2) is 25.4 Å². The highest BCUT2D eigenvalue weighted by Gasteiger charge is 2.43. The fraction of sp³-hybridized carbons (Fsp3) is 0.571. The number of nitrogens with one attached hydrogen (secondary N) is 1. The first kappa shape index (κ1) is 11.9. The van der Waals surface area contributed by atoms with Gasteiger partial charge >= 0.3 is 0 Å². The van der Waals surface area contributed by atoms with E-state index in [1.807, 2.05) is 6.07 Å². The number of rotatable bonds is 2. The summed E-state index contributed by atoms with van der Waals surface area (Å²) in [6.45, 7) is 4.29. The largest absolute Gasteiger partial charge is 0.484 e. The monoisotopic (exact) mass is 251 g/mol. The van der Waals surface area contributed by atoms with Crippen LogP contribution in [0.3, 0.4) is 0 Å². The topological polar surface area (TPSA) is 30.5 Å². The van der Waals surface area contributed by atoms with Crippen LogP contribution in [0, 0.1) is 5.82 Å². The second-order valence-electron chi connectivity index (χ2n) is 5.08. The first-order chi connectivity index (χ1) is 8.72. The van der Waals surface area contributed by atoms with Crippen molar-refractivity contribution in [2.24, 2.45) is 0 Å². The Morgan fingerprint density at radius 1 is 1.50 bits per heavy atom. The van der Waals surface area contributed by atoms with E-state index in [0.29, 0.717) is 12.4 Å². The van der Waals surface area contributed by atoms with E-state index in [1.54, 1.807) is 0 Å². The maximum atomic E-state index is 13.4. The highest BCUT2D eigenvalue weighted by atomic mass is 19.1. The minimum atomic E-state index is -0.270. The molecule has 3 nitrogen and oxygen atoms in total. The van der Waals surface area contributed by atoms with Gasteiger partial charge in [0, 0.05) is 30.5 Å². The van der Waals surface area contributed by atoms with Gasteiger partial charge in [-0.25, -0.2) is 4.39 Å². The maximum absolute atomic E-state index is 13.4. The zero-order valence-corrected chi connectivity index (χ0v) is 10.5. The summed E-state index contributed by atoms with van der Waals surface area (Å²) in [4.78, 5) is 0. The zero-order chi connectivity index (χ0) is 12.6. The van der Waals surface area contributed by atoms with Crippen LogP contribution in [0.2, 0.25) is 0 Å². The number of ether oxygens (including phenoxy) is 2. The molecule has 2 unspecified atom stereocenters. The highest BCUT2D eigenvalue weighted by Crippen LogP contribution is 2.43. The Bertz CT molecular complexity index is 443. The van der Waals surface area contributed by atoms with Crippen molar-refractivity contribution < 1.29 is 13.9 Å². The van der Waals surface area contributed by atoms with E-state index in [1.165, 1.54) is 12.1 Å². The van der Waals surface area contributed by atoms with E-state index in [9.17, 15) is 4.39 Å². The SMILES string of the molecule is CCNC1CC2(CCOC2)Oc2cc(F)ccc21. The van der Waals surface area contributed by atoms with Crippen molar-refractivity contribution in [1.82, 2.24) is 5.32 Å². The van der Waals surface area contributed by atoms with Crippen LogP contribution in [-0.2, 0) is 4.74 Å². The number of fused-ring (bicyclic) bond motifs is 1. The highest BCUT2D eigenvalue weighted by molar-refractivity contribution is 5.39. The third-order valence-corrected chi connectivity index (χ3v) is 3.77. The van der Waals surface area contributed by atoms with Crippen LogP contribution in [0.5, 0.6) is 5.75 Å². The molecular formula is C14H18FNO2. The Kier molecular flexibility index (Phi) is 2.99. The van der Waals surface area contributed by atoms with Crippen molar-refractivity contribution in [3.05, 3.63) is 29.6 Å². The molecule has 2 aliphatic rings. The molecule has 1 aromatic carbocycles. The molecule has 0 amide bonds. The quantitative estimate of drug-likeness (QED) is 0.875. The Balaban J connectivity index is 1.97. The van der Waals surface area contributed by atoms with Crippen LogP contribution >= 0.6 is 0 Å². The summed E-state index contributed by atoms with van der Waals surface area (Å²) in [6, 6.07) is 5.02. The Hall–Kier alpha value is -1.13. The van der Waals surface area contributed by atoms with E-state index in [-0.39, 0.29) is 17.5 Å². The van der Waals surface area contributed by atoms with Crippen molar-refractivity contribution in [1.29, 1.82) is 0 Å². The number of hydrogen-bond acceptors (Lipinski definition) is 3. The normalized spacial score (nSPS) is 30.2. The molecule has 18 heavy (non-hydrogen) atoms. The van der Waals surface area contributed by atoms with E-state index in [0.717, 1.165) is 31.6 Å². The molecule has 4 heteroatoms. The van der Waals surface area contributed by atoms with Crippen LogP contribution in [0.15, 0.2) is 18.2 Å². The third kappa shape index (κ3) is 1.99. The van der Waals surface area contributed by atoms with Gasteiger partial charge in [-0.05, 0) is 12.6 Å². The molecule has 0 radical (unpaired) electrons. The zero-order valence-electron chi connectivity index (χ0n) is 10.5. The Labute approximate surface area is 106 Å². The van der Waals surface area contributed by atoms with Crippen molar-refractivity contribution in [3.8, 4) is 5.75 Å². The van der Waals surface area contributed by atoms with Gasteiger partial charge in [0.25, 0.3) is 0 Å². The Morgan fingerprint density at radius 2 is 2.39 bits per heavy atom. The molecule has 1 aromatic rings. The van der Waals surface area contributed by atoms with Gasteiger partial charge in [-0.1, -0.05) is 13.0 Å². The molecule has 0 saturated carbocycles. The third-order valence-electron chi connectivity index (χ3n) is 3.77. The second kappa shape index (κ2) is 4.52. The van der Waals surface area contributed by atoms with Gasteiger partial charge in [0.15, 0.2) is 0 Å². The summed E-state index contributed by atoms with van der Waals surface area (Å²) in [7, 11) is 0. The minimum absolute atomic E-state index is 0.223. The minimum Gasteiger partial charge on any atom is -0.484 e. The fourth-order valence-corrected chi connectivity index (χ4v) is 2.90. The lowest BCUT2D eigenvalue weighted by atomic mass is 9.86. The van der Waals surface area contributed by atoms with Gasteiger partial charge in [-0.3, -0.25) is 0 Å². The summed E-state index contributed by atoms with van der Waals surface area (Å²) in [5.74, 6) is 0.415. The lowest BCUT2D eigenvalue weighted by Gasteiger charge is -2.39. The van der Waals surface area contributed by atoms with Gasteiger partial charge in [0.05, 0.1) is 13.2 Å². The van der Waals surface area contributed by atoms with Crippen molar-refractivity contribution >= 4 is 0 Å². The molecule has 2 heterocycles. The molecule has 1 N–H and O–H groups in total. The van der Waals surface area contributed by atoms with Gasteiger partial charge in [-0.15, -0.1) is 0 Å². The van der Waals surface area contributed by atoms with Crippen molar-refractivity contribution in [3.63, 3.8) is 0 Å². The molecule has 0 bridgehead atoms. The molecule has 1 saturated heterocycles. The summed E-state index contributed by atoms with van der Waals surface area (Å²) in [6.07, 6.45) is 1.77. The maximum Gasteiger partial charge on any atom is 0.136 e. The van der Waals surface area contributed by atoms with E-state index < -0.39 is 0 Å². The van der Waals surface area contributed by atoms with Gasteiger partial charge < -0.3 is 14.8 Å².